The van der Waals surface area contributed by atoms with Gasteiger partial charge in [-0.25, -0.2) is 13.1 Å². The van der Waals surface area contributed by atoms with Gasteiger partial charge >= 0.3 is 0 Å². The molecular weight excluding hydrogens is 260 g/mol. The predicted molar refractivity (Wildman–Crippen MR) is 76.7 cm³/mol. The fourth-order valence-corrected chi connectivity index (χ4v) is 3.43. The van der Waals surface area contributed by atoms with Crippen LogP contribution < -0.4 is 10.0 Å². The van der Waals surface area contributed by atoms with Crippen LogP contribution in [-0.2, 0) is 16.4 Å². The van der Waals surface area contributed by atoms with Crippen LogP contribution in [0.4, 0.5) is 0 Å². The molecule has 1 aliphatic rings. The summed E-state index contributed by atoms with van der Waals surface area (Å²) in [5.41, 5.74) is 1.18. The van der Waals surface area contributed by atoms with Gasteiger partial charge in [-0.2, -0.15) is 0 Å². The maximum absolute atomic E-state index is 12.1. The summed E-state index contributed by atoms with van der Waals surface area (Å²) in [5.74, 6) is 0. The van der Waals surface area contributed by atoms with E-state index in [9.17, 15) is 8.42 Å². The highest BCUT2D eigenvalue weighted by atomic mass is 32.2. The maximum atomic E-state index is 12.1. The zero-order valence-electron chi connectivity index (χ0n) is 11.4. The molecule has 1 atom stereocenters. The molecule has 1 fully saturated rings. The van der Waals surface area contributed by atoms with Crippen molar-refractivity contribution in [2.24, 2.45) is 0 Å². The van der Waals surface area contributed by atoms with E-state index in [1.165, 1.54) is 5.56 Å². The van der Waals surface area contributed by atoms with Crippen molar-refractivity contribution in [3.05, 3.63) is 29.8 Å². The van der Waals surface area contributed by atoms with Crippen LogP contribution in [0.5, 0.6) is 0 Å². The summed E-state index contributed by atoms with van der Waals surface area (Å²) >= 11 is 0. The third kappa shape index (κ3) is 4.03. The topological polar surface area (TPSA) is 58.2 Å². The lowest BCUT2D eigenvalue weighted by Gasteiger charge is -2.12. The minimum Gasteiger partial charge on any atom is -0.313 e. The number of hydrogen-bond acceptors (Lipinski definition) is 3. The van der Waals surface area contributed by atoms with Crippen LogP contribution in [0, 0.1) is 0 Å². The molecule has 2 N–H and O–H groups in total. The predicted octanol–water partition coefficient (Wildman–Crippen LogP) is 1.67. The summed E-state index contributed by atoms with van der Waals surface area (Å²) in [6.07, 6.45) is 4.22. The Hall–Kier alpha value is -0.910. The summed E-state index contributed by atoms with van der Waals surface area (Å²) in [4.78, 5) is 0.352. The molecule has 1 unspecified atom stereocenters. The zero-order chi connectivity index (χ0) is 13.7. The Kier molecular flexibility index (Phi) is 4.96. The molecule has 0 amide bonds. The normalized spacial score (nSPS) is 19.7. The van der Waals surface area contributed by atoms with Crippen LogP contribution in [0.1, 0.15) is 31.7 Å². The minimum absolute atomic E-state index is 0.272. The van der Waals surface area contributed by atoms with E-state index in [2.05, 4.69) is 17.0 Å². The Morgan fingerprint density at radius 1 is 1.32 bits per heavy atom. The first-order chi connectivity index (χ1) is 9.12. The fourth-order valence-electron chi connectivity index (χ4n) is 2.35. The van der Waals surface area contributed by atoms with Crippen molar-refractivity contribution in [1.82, 2.24) is 10.0 Å². The van der Waals surface area contributed by atoms with E-state index < -0.39 is 10.0 Å². The summed E-state index contributed by atoms with van der Waals surface area (Å²) < 4.78 is 26.9. The minimum atomic E-state index is -3.37. The Morgan fingerprint density at radius 2 is 2.05 bits per heavy atom. The number of aryl methyl sites for hydroxylation is 1. The average molecular weight is 282 g/mol. The SMILES string of the molecule is CCCc1ccc(S(=O)(=O)NCC2CCCN2)cc1. The fraction of sp³-hybridized carbons (Fsp3) is 0.571. The van der Waals surface area contributed by atoms with Crippen molar-refractivity contribution in [1.29, 1.82) is 0 Å². The van der Waals surface area contributed by atoms with Crippen LogP contribution in [0.3, 0.4) is 0 Å². The Bertz CT molecular complexity index is 491. The Balaban J connectivity index is 1.97. The number of rotatable bonds is 6. The van der Waals surface area contributed by atoms with Gasteiger partial charge in [-0.15, -0.1) is 0 Å². The van der Waals surface area contributed by atoms with Crippen molar-refractivity contribution in [3.8, 4) is 0 Å². The first kappa shape index (κ1) is 14.5. The second-order valence-electron chi connectivity index (χ2n) is 5.04. The van der Waals surface area contributed by atoms with Gasteiger partial charge in [0.15, 0.2) is 0 Å². The molecule has 19 heavy (non-hydrogen) atoms. The Labute approximate surface area is 115 Å². The number of benzene rings is 1. The van der Waals surface area contributed by atoms with Gasteiger partial charge in [0.1, 0.15) is 0 Å². The summed E-state index contributed by atoms with van der Waals surface area (Å²) in [6, 6.07) is 7.44. The highest BCUT2D eigenvalue weighted by Gasteiger charge is 2.18. The van der Waals surface area contributed by atoms with E-state index in [0.717, 1.165) is 32.2 Å². The Morgan fingerprint density at radius 3 is 2.63 bits per heavy atom. The molecule has 1 aromatic carbocycles. The molecule has 0 spiro atoms. The van der Waals surface area contributed by atoms with Crippen LogP contribution in [0.25, 0.3) is 0 Å². The molecule has 0 aromatic heterocycles. The second kappa shape index (κ2) is 6.50. The molecule has 1 heterocycles. The van der Waals surface area contributed by atoms with Crippen molar-refractivity contribution < 1.29 is 8.42 Å². The van der Waals surface area contributed by atoms with Crippen molar-refractivity contribution in [2.75, 3.05) is 13.1 Å². The third-order valence-electron chi connectivity index (χ3n) is 3.45. The first-order valence-corrected chi connectivity index (χ1v) is 8.42. The molecule has 0 bridgehead atoms. The van der Waals surface area contributed by atoms with Crippen LogP contribution in [0.15, 0.2) is 29.2 Å². The van der Waals surface area contributed by atoms with E-state index in [1.807, 2.05) is 12.1 Å². The van der Waals surface area contributed by atoms with Gasteiger partial charge in [-0.1, -0.05) is 25.5 Å². The molecule has 0 saturated carbocycles. The smallest absolute Gasteiger partial charge is 0.240 e. The number of sulfonamides is 1. The van der Waals surface area contributed by atoms with E-state index in [4.69, 9.17) is 0 Å². The molecule has 1 aromatic rings. The number of hydrogen-bond donors (Lipinski definition) is 2. The lowest BCUT2D eigenvalue weighted by atomic mass is 10.1. The molecule has 1 saturated heterocycles. The molecule has 4 nitrogen and oxygen atoms in total. The quantitative estimate of drug-likeness (QED) is 0.834. The average Bonchev–Trinajstić information content (AvgIpc) is 2.91. The third-order valence-corrected chi connectivity index (χ3v) is 4.89. The molecule has 106 valence electrons. The maximum Gasteiger partial charge on any atom is 0.240 e. The molecular formula is C14H22N2O2S. The first-order valence-electron chi connectivity index (χ1n) is 6.94. The van der Waals surface area contributed by atoms with E-state index in [0.29, 0.717) is 11.4 Å². The van der Waals surface area contributed by atoms with Crippen LogP contribution in [-0.4, -0.2) is 27.5 Å². The highest BCUT2D eigenvalue weighted by Crippen LogP contribution is 2.12. The van der Waals surface area contributed by atoms with Gasteiger partial charge in [-0.3, -0.25) is 0 Å². The van der Waals surface area contributed by atoms with Gasteiger partial charge in [0.25, 0.3) is 0 Å². The second-order valence-corrected chi connectivity index (χ2v) is 6.81. The van der Waals surface area contributed by atoms with E-state index >= 15 is 0 Å². The molecule has 0 aliphatic carbocycles. The van der Waals surface area contributed by atoms with Crippen LogP contribution >= 0.6 is 0 Å². The summed E-state index contributed by atoms with van der Waals surface area (Å²) in [7, 11) is -3.37. The lowest BCUT2D eigenvalue weighted by Crippen LogP contribution is -2.37. The molecule has 0 radical (unpaired) electrons. The molecule has 1 aliphatic heterocycles. The van der Waals surface area contributed by atoms with Gasteiger partial charge in [-0.05, 0) is 43.5 Å². The lowest BCUT2D eigenvalue weighted by molar-refractivity contribution is 0.552. The monoisotopic (exact) mass is 282 g/mol. The van der Waals surface area contributed by atoms with Gasteiger partial charge < -0.3 is 5.32 Å². The van der Waals surface area contributed by atoms with Crippen molar-refractivity contribution in [3.63, 3.8) is 0 Å². The molecule has 5 heteroatoms. The van der Waals surface area contributed by atoms with Gasteiger partial charge in [0.05, 0.1) is 4.90 Å². The van der Waals surface area contributed by atoms with Crippen LogP contribution in [0.2, 0.25) is 0 Å². The molecule has 2 rings (SSSR count). The summed E-state index contributed by atoms with van der Waals surface area (Å²) in [5, 5.41) is 3.28. The van der Waals surface area contributed by atoms with E-state index in [1.54, 1.807) is 12.1 Å². The number of nitrogens with one attached hydrogen (secondary N) is 2. The summed E-state index contributed by atoms with van der Waals surface area (Å²) in [6.45, 7) is 3.57. The van der Waals surface area contributed by atoms with E-state index in [-0.39, 0.29) is 6.04 Å². The zero-order valence-corrected chi connectivity index (χ0v) is 12.2. The van der Waals surface area contributed by atoms with Crippen molar-refractivity contribution in [2.45, 2.75) is 43.5 Å². The van der Waals surface area contributed by atoms with Gasteiger partial charge in [0.2, 0.25) is 10.0 Å². The largest absolute Gasteiger partial charge is 0.313 e. The van der Waals surface area contributed by atoms with Crippen molar-refractivity contribution >= 4 is 10.0 Å². The highest BCUT2D eigenvalue weighted by molar-refractivity contribution is 7.89. The standard InChI is InChI=1S/C14H22N2O2S/c1-2-4-12-6-8-14(9-7-12)19(17,18)16-11-13-5-3-10-15-13/h6-9,13,15-16H,2-5,10-11H2,1H3. The van der Waals surface area contributed by atoms with Gasteiger partial charge in [0, 0.05) is 12.6 Å².